The third-order valence-corrected chi connectivity index (χ3v) is 6.34. The Labute approximate surface area is 246 Å². The predicted octanol–water partition coefficient (Wildman–Crippen LogP) is 0.993. The molecule has 43 heavy (non-hydrogen) atoms. The summed E-state index contributed by atoms with van der Waals surface area (Å²) in [7, 11) is 0. The Morgan fingerprint density at radius 1 is 0.930 bits per heavy atom. The highest BCUT2D eigenvalue weighted by Crippen LogP contribution is 2.15. The molecule has 12 nitrogen and oxygen atoms in total. The highest BCUT2D eigenvalue weighted by molar-refractivity contribution is 5.93. The van der Waals surface area contributed by atoms with Crippen molar-refractivity contribution < 1.29 is 56.1 Å². The van der Waals surface area contributed by atoms with Crippen LogP contribution in [0.3, 0.4) is 0 Å². The number of alkyl halides is 4. The molecule has 0 saturated carbocycles. The maximum Gasteiger partial charge on any atom is 0.345 e. The molecule has 2 rings (SSSR count). The second-order valence-electron chi connectivity index (χ2n) is 10.2. The number of carboxylic acids is 1. The van der Waals surface area contributed by atoms with Crippen LogP contribution in [-0.4, -0.2) is 111 Å². The van der Waals surface area contributed by atoms with Gasteiger partial charge in [-0.25, -0.2) is 4.79 Å². The number of carbonyl (C=O) groups is 4. The Bertz CT molecular complexity index is 1030. The van der Waals surface area contributed by atoms with Gasteiger partial charge in [-0.05, 0) is 17.9 Å². The van der Waals surface area contributed by atoms with Crippen LogP contribution in [0.15, 0.2) is 30.3 Å². The lowest BCUT2D eigenvalue weighted by Crippen LogP contribution is -2.59. The van der Waals surface area contributed by atoms with Crippen LogP contribution < -0.4 is 16.0 Å². The molecule has 3 amide bonds. The molecule has 4 N–H and O–H groups in total. The number of hydrogen-bond acceptors (Lipinski definition) is 8. The first-order valence-corrected chi connectivity index (χ1v) is 13.7. The molecule has 0 bridgehead atoms. The van der Waals surface area contributed by atoms with E-state index < -0.39 is 67.8 Å². The zero-order chi connectivity index (χ0) is 31.9. The van der Waals surface area contributed by atoms with E-state index in [9.17, 15) is 41.8 Å². The van der Waals surface area contributed by atoms with Crippen molar-refractivity contribution in [1.29, 1.82) is 0 Å². The van der Waals surface area contributed by atoms with Crippen molar-refractivity contribution in [1.82, 2.24) is 20.9 Å². The van der Waals surface area contributed by atoms with Crippen LogP contribution in [-0.2, 0) is 39.8 Å². The van der Waals surface area contributed by atoms with Gasteiger partial charge < -0.3 is 35.3 Å². The molecule has 1 fully saturated rings. The molecule has 0 aliphatic carbocycles. The van der Waals surface area contributed by atoms with Crippen LogP contribution in [0.1, 0.15) is 25.8 Å². The van der Waals surface area contributed by atoms with Gasteiger partial charge in [0.05, 0.1) is 32.5 Å². The quantitative estimate of drug-likeness (QED) is 0.176. The van der Waals surface area contributed by atoms with Crippen LogP contribution in [0.2, 0.25) is 0 Å². The number of hydrogen-bond donors (Lipinski definition) is 4. The molecule has 0 spiro atoms. The second kappa shape index (κ2) is 18.4. The van der Waals surface area contributed by atoms with E-state index in [1.807, 2.05) is 0 Å². The smallest absolute Gasteiger partial charge is 0.345 e. The van der Waals surface area contributed by atoms with Gasteiger partial charge in [0, 0.05) is 19.5 Å². The van der Waals surface area contributed by atoms with E-state index in [0.29, 0.717) is 31.9 Å². The van der Waals surface area contributed by atoms with Crippen LogP contribution >= 0.6 is 0 Å². The number of aliphatic carboxylic acids is 1. The van der Waals surface area contributed by atoms with Crippen molar-refractivity contribution in [3.63, 3.8) is 0 Å². The predicted molar refractivity (Wildman–Crippen MR) is 143 cm³/mol. The molecule has 1 unspecified atom stereocenters. The number of amides is 3. The van der Waals surface area contributed by atoms with E-state index in [-0.39, 0.29) is 25.3 Å². The maximum absolute atomic E-state index is 13.3. The fraction of sp³-hybridized carbons (Fsp3) is 0.630. The highest BCUT2D eigenvalue weighted by atomic mass is 19.3. The number of nitrogens with zero attached hydrogens (tertiary/aromatic N) is 1. The summed E-state index contributed by atoms with van der Waals surface area (Å²) in [6.07, 6.45) is -2.02. The van der Waals surface area contributed by atoms with Crippen molar-refractivity contribution in [2.24, 2.45) is 5.92 Å². The van der Waals surface area contributed by atoms with E-state index in [0.717, 1.165) is 0 Å². The molecular weight excluding hydrogens is 584 g/mol. The number of carboxylic acid groups (broad SMARTS) is 1. The minimum absolute atomic E-state index is 0.0485. The van der Waals surface area contributed by atoms with Gasteiger partial charge in [0.25, 0.3) is 0 Å². The fourth-order valence-corrected chi connectivity index (χ4v) is 4.32. The monoisotopic (exact) mass is 622 g/mol. The summed E-state index contributed by atoms with van der Waals surface area (Å²) in [6, 6.07) is 3.04. The van der Waals surface area contributed by atoms with E-state index >= 15 is 0 Å². The van der Waals surface area contributed by atoms with Crippen LogP contribution in [0, 0.1) is 5.92 Å². The summed E-state index contributed by atoms with van der Waals surface area (Å²) in [5.41, 5.74) is 0.468. The van der Waals surface area contributed by atoms with Crippen molar-refractivity contribution in [2.45, 2.75) is 64.1 Å². The zero-order valence-electron chi connectivity index (χ0n) is 23.8. The van der Waals surface area contributed by atoms with Gasteiger partial charge in [-0.15, -0.1) is 0 Å². The Balaban J connectivity index is 2.19. The number of halogens is 4. The van der Waals surface area contributed by atoms with Gasteiger partial charge in [-0.3, -0.25) is 19.3 Å². The van der Waals surface area contributed by atoms with E-state index in [1.165, 1.54) is 0 Å². The largest absolute Gasteiger partial charge is 0.480 e. The minimum atomic E-state index is -3.35. The summed E-state index contributed by atoms with van der Waals surface area (Å²) in [6.45, 7) is -2.61. The van der Waals surface area contributed by atoms with Gasteiger partial charge in [0.1, 0.15) is 12.1 Å². The highest BCUT2D eigenvalue weighted by Gasteiger charge is 2.36. The molecule has 1 heterocycles. The van der Waals surface area contributed by atoms with Crippen LogP contribution in [0.5, 0.6) is 0 Å². The lowest BCUT2D eigenvalue weighted by atomic mass is 9.99. The van der Waals surface area contributed by atoms with Crippen LogP contribution in [0.4, 0.5) is 17.6 Å². The first-order valence-electron chi connectivity index (χ1n) is 13.7. The molecule has 242 valence electrons. The molecule has 1 aliphatic heterocycles. The Morgan fingerprint density at radius 3 is 2.12 bits per heavy atom. The number of nitrogens with one attached hydrogen (secondary N) is 3. The number of benzene rings is 1. The molecule has 0 radical (unpaired) electrons. The molecule has 16 heteroatoms. The Morgan fingerprint density at radius 2 is 1.56 bits per heavy atom. The van der Waals surface area contributed by atoms with Gasteiger partial charge >= 0.3 is 19.2 Å². The lowest BCUT2D eigenvalue weighted by molar-refractivity contribution is -0.179. The zero-order valence-corrected chi connectivity index (χ0v) is 23.8. The Kier molecular flexibility index (Phi) is 15.3. The van der Waals surface area contributed by atoms with Crippen molar-refractivity contribution in [3.8, 4) is 0 Å². The average Bonchev–Trinajstić information content (AvgIpc) is 2.93. The minimum Gasteiger partial charge on any atom is -0.480 e. The van der Waals surface area contributed by atoms with Gasteiger partial charge in [0.15, 0.2) is 6.04 Å². The Hall–Kier alpha value is -3.34. The normalized spacial score (nSPS) is 16.9. The SMILES string of the molecule is CC(C)C[C@H](NC(=O)[C@H](COC(F)F)NC(=O)CN1CCOCC1)C(=O)N[C@H](C(=O)O)C(Cc1ccccc1)OC(F)F. The topological polar surface area (TPSA) is 156 Å². The van der Waals surface area contributed by atoms with Gasteiger partial charge in [0.2, 0.25) is 17.7 Å². The van der Waals surface area contributed by atoms with E-state index in [1.54, 1.807) is 49.1 Å². The molecular formula is C27H38F4N4O8. The van der Waals surface area contributed by atoms with E-state index in [2.05, 4.69) is 25.4 Å². The first-order chi connectivity index (χ1) is 20.3. The fourth-order valence-electron chi connectivity index (χ4n) is 4.32. The van der Waals surface area contributed by atoms with Gasteiger partial charge in [-0.1, -0.05) is 44.2 Å². The third kappa shape index (κ3) is 13.7. The molecule has 0 aromatic heterocycles. The van der Waals surface area contributed by atoms with Crippen molar-refractivity contribution >= 4 is 23.7 Å². The summed E-state index contributed by atoms with van der Waals surface area (Å²) < 4.78 is 66.1. The van der Waals surface area contributed by atoms with Gasteiger partial charge in [-0.2, -0.15) is 17.6 Å². The molecule has 4 atom stereocenters. The molecule has 1 aromatic carbocycles. The molecule has 1 aromatic rings. The lowest BCUT2D eigenvalue weighted by Gasteiger charge is -2.29. The summed E-state index contributed by atoms with van der Waals surface area (Å²) in [4.78, 5) is 52.8. The summed E-state index contributed by atoms with van der Waals surface area (Å²) in [5, 5.41) is 16.6. The van der Waals surface area contributed by atoms with Crippen LogP contribution in [0.25, 0.3) is 0 Å². The molecule has 1 aliphatic rings. The standard InChI is InChI=1S/C27H38F4N4O8/c1-16(2)12-18(23(37)34-22(25(39)40)20(43-27(30)31)13-17-6-4-3-5-7-17)33-24(38)19(15-42-26(28)29)32-21(36)14-35-8-10-41-11-9-35/h3-7,16,18-20,22,26-27H,8-15H2,1-2H3,(H,32,36)(H,33,38)(H,34,37)(H,39,40)/t18-,19-,20?,22-/m0/s1. The second-order valence-corrected chi connectivity index (χ2v) is 10.2. The summed E-state index contributed by atoms with van der Waals surface area (Å²) >= 11 is 0. The van der Waals surface area contributed by atoms with Crippen molar-refractivity contribution in [2.75, 3.05) is 39.5 Å². The number of morpholine rings is 1. The van der Waals surface area contributed by atoms with E-state index in [4.69, 9.17) is 4.74 Å². The first kappa shape index (κ1) is 35.9. The number of rotatable bonds is 18. The number of ether oxygens (including phenoxy) is 3. The maximum atomic E-state index is 13.3. The third-order valence-electron chi connectivity index (χ3n) is 6.34. The summed E-state index contributed by atoms with van der Waals surface area (Å²) in [5.74, 6) is -4.66. The molecule has 1 saturated heterocycles. The average molecular weight is 623 g/mol. The van der Waals surface area contributed by atoms with Crippen molar-refractivity contribution in [3.05, 3.63) is 35.9 Å². The number of carbonyl (C=O) groups excluding carboxylic acids is 3.